The number of hydrazone groups is 1. The van der Waals surface area contributed by atoms with Crippen LogP contribution in [-0.4, -0.2) is 11.3 Å². The molecule has 0 bridgehead atoms. The van der Waals surface area contributed by atoms with E-state index in [4.69, 9.17) is 0 Å². The van der Waals surface area contributed by atoms with Gasteiger partial charge in [-0.05, 0) is 12.1 Å². The Labute approximate surface area is 79.1 Å². The van der Waals surface area contributed by atoms with Gasteiger partial charge in [0.1, 0.15) is 11.6 Å². The fourth-order valence-electron chi connectivity index (χ4n) is 1.35. The van der Waals surface area contributed by atoms with Crippen LogP contribution in [-0.2, 0) is 5.72 Å². The van der Waals surface area contributed by atoms with Crippen molar-refractivity contribution in [3.63, 3.8) is 0 Å². The summed E-state index contributed by atoms with van der Waals surface area (Å²) in [4.78, 5) is 0. The molecule has 0 saturated carbocycles. The molecule has 1 atom stereocenters. The van der Waals surface area contributed by atoms with E-state index in [1.807, 2.05) is 0 Å². The molecule has 1 unspecified atom stereocenters. The predicted molar refractivity (Wildman–Crippen MR) is 46.5 cm³/mol. The highest BCUT2D eigenvalue weighted by molar-refractivity contribution is 5.61. The smallest absolute Gasteiger partial charge is 0.182 e. The predicted octanol–water partition coefficient (Wildman–Crippen LogP) is 1.09. The van der Waals surface area contributed by atoms with Gasteiger partial charge in [-0.1, -0.05) is 0 Å². The largest absolute Gasteiger partial charge is 0.365 e. The number of hydrogen-bond donors (Lipinski definition) is 2. The minimum absolute atomic E-state index is 0.132. The molecule has 14 heavy (non-hydrogen) atoms. The lowest BCUT2D eigenvalue weighted by Crippen LogP contribution is -2.35. The molecule has 0 amide bonds. The zero-order chi connectivity index (χ0) is 10.2. The molecule has 1 aliphatic heterocycles. The maximum Gasteiger partial charge on any atom is 0.182 e. The Morgan fingerprint density at radius 3 is 2.43 bits per heavy atom. The van der Waals surface area contributed by atoms with Crippen LogP contribution in [0.1, 0.15) is 12.0 Å². The Hall–Kier alpha value is -1.49. The second kappa shape index (κ2) is 3.02. The van der Waals surface area contributed by atoms with Crippen LogP contribution in [0.25, 0.3) is 0 Å². The van der Waals surface area contributed by atoms with Crippen molar-refractivity contribution < 1.29 is 13.9 Å². The van der Waals surface area contributed by atoms with Crippen molar-refractivity contribution in [2.24, 2.45) is 5.10 Å². The summed E-state index contributed by atoms with van der Waals surface area (Å²) in [5.41, 5.74) is 1.04. The average molecular weight is 198 g/mol. The van der Waals surface area contributed by atoms with Crippen LogP contribution in [0.5, 0.6) is 0 Å². The first kappa shape index (κ1) is 9.08. The van der Waals surface area contributed by atoms with Crippen LogP contribution < -0.4 is 5.43 Å². The van der Waals surface area contributed by atoms with Gasteiger partial charge < -0.3 is 5.11 Å². The molecule has 3 nitrogen and oxygen atoms in total. The molecule has 0 spiro atoms. The molecule has 2 rings (SSSR count). The molecule has 5 heteroatoms. The molecular weight excluding hydrogens is 190 g/mol. The molecule has 0 radical (unpaired) electrons. The standard InChI is InChI=1S/C9H8F2N2O/c10-7-3-6(4-8(11)5-7)9(14)1-2-12-13-9/h2-5,13-14H,1H2. The highest BCUT2D eigenvalue weighted by Crippen LogP contribution is 2.25. The van der Waals surface area contributed by atoms with Crippen molar-refractivity contribution in [3.05, 3.63) is 35.4 Å². The number of rotatable bonds is 1. The summed E-state index contributed by atoms with van der Waals surface area (Å²) in [6.45, 7) is 0. The summed E-state index contributed by atoms with van der Waals surface area (Å²) in [5.74, 6) is -1.44. The van der Waals surface area contributed by atoms with E-state index in [0.717, 1.165) is 18.2 Å². The lowest BCUT2D eigenvalue weighted by molar-refractivity contribution is 0.0187. The van der Waals surface area contributed by atoms with Gasteiger partial charge in [-0.15, -0.1) is 0 Å². The summed E-state index contributed by atoms with van der Waals surface area (Å²) in [6, 6.07) is 2.90. The van der Waals surface area contributed by atoms with E-state index in [1.54, 1.807) is 0 Å². The number of aliphatic hydroxyl groups is 1. The third kappa shape index (κ3) is 1.46. The van der Waals surface area contributed by atoms with Gasteiger partial charge >= 0.3 is 0 Å². The monoisotopic (exact) mass is 198 g/mol. The molecule has 74 valence electrons. The van der Waals surface area contributed by atoms with Crippen molar-refractivity contribution in [2.45, 2.75) is 12.1 Å². The molecule has 2 N–H and O–H groups in total. The van der Waals surface area contributed by atoms with Gasteiger partial charge in [0.05, 0.1) is 0 Å². The molecule has 0 aliphatic carbocycles. The van der Waals surface area contributed by atoms with Gasteiger partial charge in [-0.3, -0.25) is 5.43 Å². The Morgan fingerprint density at radius 1 is 1.29 bits per heavy atom. The first-order valence-electron chi connectivity index (χ1n) is 4.08. The third-order valence-corrected chi connectivity index (χ3v) is 2.07. The normalized spacial score (nSPS) is 25.1. The SMILES string of the molecule is OC1(c2cc(F)cc(F)c2)CC=NN1. The summed E-state index contributed by atoms with van der Waals surface area (Å²) in [6.07, 6.45) is 1.64. The first-order chi connectivity index (χ1) is 6.60. The van der Waals surface area contributed by atoms with Gasteiger partial charge in [0, 0.05) is 24.3 Å². The van der Waals surface area contributed by atoms with Crippen molar-refractivity contribution >= 4 is 6.21 Å². The highest BCUT2D eigenvalue weighted by atomic mass is 19.1. The van der Waals surface area contributed by atoms with E-state index in [2.05, 4.69) is 10.5 Å². The van der Waals surface area contributed by atoms with Gasteiger partial charge in [-0.2, -0.15) is 5.10 Å². The number of hydrogen-bond acceptors (Lipinski definition) is 3. The van der Waals surface area contributed by atoms with E-state index in [1.165, 1.54) is 6.21 Å². The summed E-state index contributed by atoms with van der Waals surface area (Å²) in [7, 11) is 0. The quantitative estimate of drug-likeness (QED) is 0.709. The van der Waals surface area contributed by atoms with Gasteiger partial charge in [0.15, 0.2) is 5.72 Å². The van der Waals surface area contributed by atoms with E-state index in [-0.39, 0.29) is 12.0 Å². The molecular formula is C9H8F2N2O. The Kier molecular flexibility index (Phi) is 1.96. The zero-order valence-electron chi connectivity index (χ0n) is 7.17. The van der Waals surface area contributed by atoms with Gasteiger partial charge in [-0.25, -0.2) is 8.78 Å². The van der Waals surface area contributed by atoms with Crippen molar-refractivity contribution in [1.29, 1.82) is 0 Å². The van der Waals surface area contributed by atoms with Crippen LogP contribution in [0.15, 0.2) is 23.3 Å². The third-order valence-electron chi connectivity index (χ3n) is 2.07. The second-order valence-electron chi connectivity index (χ2n) is 3.15. The van der Waals surface area contributed by atoms with Crippen molar-refractivity contribution in [3.8, 4) is 0 Å². The topological polar surface area (TPSA) is 44.6 Å². The fourth-order valence-corrected chi connectivity index (χ4v) is 1.35. The van der Waals surface area contributed by atoms with Crippen molar-refractivity contribution in [2.75, 3.05) is 0 Å². The van der Waals surface area contributed by atoms with E-state index >= 15 is 0 Å². The molecule has 1 heterocycles. The lowest BCUT2D eigenvalue weighted by atomic mass is 10.0. The summed E-state index contributed by atoms with van der Waals surface area (Å²) in [5, 5.41) is 13.4. The number of nitrogens with zero attached hydrogens (tertiary/aromatic N) is 1. The first-order valence-corrected chi connectivity index (χ1v) is 4.08. The Balaban J connectivity index is 2.41. The number of benzene rings is 1. The average Bonchev–Trinajstić information content (AvgIpc) is 2.52. The van der Waals surface area contributed by atoms with Gasteiger partial charge in [0.25, 0.3) is 0 Å². The second-order valence-corrected chi connectivity index (χ2v) is 3.15. The molecule has 0 fully saturated rings. The molecule has 1 aliphatic rings. The number of halogens is 2. The lowest BCUT2D eigenvalue weighted by Gasteiger charge is -2.22. The van der Waals surface area contributed by atoms with E-state index in [9.17, 15) is 13.9 Å². The molecule has 1 aromatic rings. The van der Waals surface area contributed by atoms with Crippen LogP contribution in [0.2, 0.25) is 0 Å². The summed E-state index contributed by atoms with van der Waals surface area (Å²) >= 11 is 0. The Bertz CT molecular complexity index is 364. The van der Waals surface area contributed by atoms with Crippen LogP contribution in [0.3, 0.4) is 0 Å². The highest BCUT2D eigenvalue weighted by Gasteiger charge is 2.31. The number of nitrogens with one attached hydrogen (secondary N) is 1. The fraction of sp³-hybridized carbons (Fsp3) is 0.222. The van der Waals surface area contributed by atoms with E-state index in [0.29, 0.717) is 0 Å². The van der Waals surface area contributed by atoms with E-state index < -0.39 is 17.4 Å². The van der Waals surface area contributed by atoms with Crippen molar-refractivity contribution in [1.82, 2.24) is 5.43 Å². The molecule has 0 aromatic heterocycles. The maximum atomic E-state index is 12.8. The van der Waals surface area contributed by atoms with Gasteiger partial charge in [0.2, 0.25) is 0 Å². The summed E-state index contributed by atoms with van der Waals surface area (Å²) < 4.78 is 25.7. The minimum atomic E-state index is -1.48. The zero-order valence-corrected chi connectivity index (χ0v) is 7.17. The Morgan fingerprint density at radius 2 is 1.93 bits per heavy atom. The molecule has 1 aromatic carbocycles. The van der Waals surface area contributed by atoms with Crippen LogP contribution >= 0.6 is 0 Å². The maximum absolute atomic E-state index is 12.8. The van der Waals surface area contributed by atoms with Crippen LogP contribution in [0, 0.1) is 11.6 Å². The molecule has 0 saturated heterocycles. The minimum Gasteiger partial charge on any atom is -0.365 e. The van der Waals surface area contributed by atoms with Crippen LogP contribution in [0.4, 0.5) is 8.78 Å².